The van der Waals surface area contributed by atoms with Crippen LogP contribution < -0.4 is 0 Å². The molecule has 0 aromatic heterocycles. The van der Waals surface area contributed by atoms with Crippen molar-refractivity contribution in [1.29, 1.82) is 0 Å². The van der Waals surface area contributed by atoms with Gasteiger partial charge in [-0.15, -0.1) is 0 Å². The van der Waals surface area contributed by atoms with Gasteiger partial charge < -0.3 is 10.2 Å². The minimum atomic E-state index is -1.71. The molecule has 11 heavy (non-hydrogen) atoms. The minimum absolute atomic E-state index is 0. The summed E-state index contributed by atoms with van der Waals surface area (Å²) >= 11 is 0. The Hall–Kier alpha value is -0.300. The first-order chi connectivity index (χ1) is 4.04. The first kappa shape index (κ1) is 17.0. The number of aliphatic carboxylic acids is 2. The van der Waals surface area contributed by atoms with E-state index in [9.17, 15) is 14.4 Å². The largest absolute Gasteiger partial charge is 0.481 e. The first-order valence-electron chi connectivity index (χ1n) is 2.02. The number of carbonyl (C=O) groups is 3. The Kier molecular flexibility index (Phi) is 12.0. The molecule has 0 unspecified atom stereocenters. The maximum absolute atomic E-state index is 9.97. The van der Waals surface area contributed by atoms with Crippen LogP contribution in [0.25, 0.3) is 0 Å². The average molecular weight is 363 g/mol. The standard InChI is InChI=1S/C4H4O5.Au.H2S/c5-2(4(8)9)1-3(6)7;;/h1H2,(H,6,7)(H,8,9);;1H2. The Balaban J connectivity index is -0.000000320. The summed E-state index contributed by atoms with van der Waals surface area (Å²) in [6.45, 7) is 0. The van der Waals surface area contributed by atoms with Crippen LogP contribution >= 0.6 is 13.5 Å². The fraction of sp³-hybridized carbons (Fsp3) is 0.250. The second kappa shape index (κ2) is 7.80. The van der Waals surface area contributed by atoms with Crippen molar-refractivity contribution in [2.45, 2.75) is 6.42 Å². The van der Waals surface area contributed by atoms with Crippen LogP contribution in [-0.4, -0.2) is 27.9 Å². The van der Waals surface area contributed by atoms with Gasteiger partial charge in [-0.25, -0.2) is 4.79 Å². The summed E-state index contributed by atoms with van der Waals surface area (Å²) in [5.41, 5.74) is 0. The number of hydrogen-bond donors (Lipinski definition) is 2. The zero-order valence-electron chi connectivity index (χ0n) is 5.13. The SMILES string of the molecule is O=C(O)CC(=O)C(=O)O.S.[Au]. The zero-order chi connectivity index (χ0) is 7.44. The van der Waals surface area contributed by atoms with Crippen molar-refractivity contribution in [2.75, 3.05) is 0 Å². The molecule has 0 aromatic carbocycles. The fourth-order valence-electron chi connectivity index (χ4n) is 0.213. The third kappa shape index (κ3) is 9.70. The molecule has 0 saturated carbocycles. The molecule has 0 atom stereocenters. The molecule has 0 spiro atoms. The van der Waals surface area contributed by atoms with Gasteiger partial charge in [0.2, 0.25) is 0 Å². The van der Waals surface area contributed by atoms with Crippen molar-refractivity contribution in [1.82, 2.24) is 0 Å². The summed E-state index contributed by atoms with van der Waals surface area (Å²) in [6.07, 6.45) is -0.949. The minimum Gasteiger partial charge on any atom is -0.481 e. The van der Waals surface area contributed by atoms with E-state index in [2.05, 4.69) is 0 Å². The molecule has 0 aliphatic rings. The van der Waals surface area contributed by atoms with Crippen LogP contribution in [0, 0.1) is 0 Å². The van der Waals surface area contributed by atoms with Crippen molar-refractivity contribution in [2.24, 2.45) is 0 Å². The quantitative estimate of drug-likeness (QED) is 0.390. The predicted octanol–water partition coefficient (Wildman–Crippen LogP) is -0.775. The maximum Gasteiger partial charge on any atom is 0.372 e. The number of carboxylic acid groups (broad SMARTS) is 2. The van der Waals surface area contributed by atoms with Gasteiger partial charge in [0.25, 0.3) is 5.78 Å². The Bertz CT molecular complexity index is 168. The van der Waals surface area contributed by atoms with Gasteiger partial charge in [-0.1, -0.05) is 0 Å². The van der Waals surface area contributed by atoms with Gasteiger partial charge in [-0.2, -0.15) is 13.5 Å². The Morgan fingerprint density at radius 1 is 1.09 bits per heavy atom. The molecule has 0 amide bonds. The summed E-state index contributed by atoms with van der Waals surface area (Å²) in [7, 11) is 0. The van der Waals surface area contributed by atoms with Crippen LogP contribution in [0.1, 0.15) is 6.42 Å². The predicted molar refractivity (Wildman–Crippen MR) is 35.3 cm³/mol. The van der Waals surface area contributed by atoms with Crippen LogP contribution in [0.2, 0.25) is 0 Å². The van der Waals surface area contributed by atoms with Crippen LogP contribution in [0.5, 0.6) is 0 Å². The smallest absolute Gasteiger partial charge is 0.372 e. The van der Waals surface area contributed by atoms with E-state index >= 15 is 0 Å². The molecular formula is C4H6AuO5S. The second-order valence-corrected chi connectivity index (χ2v) is 1.30. The van der Waals surface area contributed by atoms with Gasteiger partial charge in [-0.05, 0) is 0 Å². The summed E-state index contributed by atoms with van der Waals surface area (Å²) in [5, 5.41) is 15.7. The van der Waals surface area contributed by atoms with E-state index in [-0.39, 0.29) is 35.9 Å². The van der Waals surface area contributed by atoms with Crippen LogP contribution in [-0.2, 0) is 36.8 Å². The monoisotopic (exact) mass is 363 g/mol. The van der Waals surface area contributed by atoms with Crippen LogP contribution in [0.4, 0.5) is 0 Å². The molecule has 1 radical (unpaired) electrons. The fourth-order valence-corrected chi connectivity index (χ4v) is 0.213. The van der Waals surface area contributed by atoms with Crippen molar-refractivity contribution < 1.29 is 47.0 Å². The van der Waals surface area contributed by atoms with Gasteiger partial charge >= 0.3 is 11.9 Å². The third-order valence-electron chi connectivity index (χ3n) is 0.550. The van der Waals surface area contributed by atoms with Gasteiger partial charge in [0, 0.05) is 22.4 Å². The van der Waals surface area contributed by atoms with E-state index in [1.807, 2.05) is 0 Å². The molecule has 2 N–H and O–H groups in total. The molecule has 0 aromatic rings. The van der Waals surface area contributed by atoms with Gasteiger partial charge in [0.1, 0.15) is 6.42 Å². The topological polar surface area (TPSA) is 91.7 Å². The molecule has 0 heterocycles. The van der Waals surface area contributed by atoms with Gasteiger partial charge in [-0.3, -0.25) is 9.59 Å². The molecular weight excluding hydrogens is 357 g/mol. The van der Waals surface area contributed by atoms with E-state index in [4.69, 9.17) is 10.2 Å². The summed E-state index contributed by atoms with van der Waals surface area (Å²) in [4.78, 5) is 29.2. The number of Topliss-reactive ketones (excluding diaryl/α,β-unsaturated/α-hetero) is 1. The molecule has 0 bridgehead atoms. The molecule has 0 aliphatic carbocycles. The number of carboxylic acids is 2. The number of rotatable bonds is 3. The Labute approximate surface area is 84.7 Å². The number of hydrogen-bond acceptors (Lipinski definition) is 3. The van der Waals surface area contributed by atoms with E-state index in [1.54, 1.807) is 0 Å². The average Bonchev–Trinajstić information content (AvgIpc) is 1.63. The Morgan fingerprint density at radius 2 is 1.45 bits per heavy atom. The van der Waals surface area contributed by atoms with Crippen molar-refractivity contribution in [3.05, 3.63) is 0 Å². The molecule has 7 heteroatoms. The normalized spacial score (nSPS) is 6.91. The zero-order valence-corrected chi connectivity index (χ0v) is 8.29. The number of carbonyl (C=O) groups excluding carboxylic acids is 1. The van der Waals surface area contributed by atoms with E-state index in [1.165, 1.54) is 0 Å². The number of ketones is 1. The second-order valence-electron chi connectivity index (χ2n) is 1.30. The van der Waals surface area contributed by atoms with Crippen molar-refractivity contribution in [3.8, 4) is 0 Å². The van der Waals surface area contributed by atoms with Crippen LogP contribution in [0.3, 0.4) is 0 Å². The van der Waals surface area contributed by atoms with Crippen molar-refractivity contribution >= 4 is 31.2 Å². The van der Waals surface area contributed by atoms with Gasteiger partial charge in [0.15, 0.2) is 0 Å². The van der Waals surface area contributed by atoms with E-state index in [0.717, 1.165) is 0 Å². The molecule has 69 valence electrons. The molecule has 0 fully saturated rings. The third-order valence-corrected chi connectivity index (χ3v) is 0.550. The molecule has 0 aliphatic heterocycles. The van der Waals surface area contributed by atoms with Crippen molar-refractivity contribution in [3.63, 3.8) is 0 Å². The summed E-state index contributed by atoms with van der Waals surface area (Å²) < 4.78 is 0. The van der Waals surface area contributed by atoms with Crippen LogP contribution in [0.15, 0.2) is 0 Å². The molecule has 0 saturated heterocycles. The Morgan fingerprint density at radius 3 is 1.55 bits per heavy atom. The maximum atomic E-state index is 9.97. The molecule has 5 nitrogen and oxygen atoms in total. The summed E-state index contributed by atoms with van der Waals surface area (Å²) in [6, 6.07) is 0. The van der Waals surface area contributed by atoms with E-state index in [0.29, 0.717) is 0 Å². The van der Waals surface area contributed by atoms with E-state index < -0.39 is 24.1 Å². The summed E-state index contributed by atoms with van der Waals surface area (Å²) in [5.74, 6) is -4.44. The van der Waals surface area contributed by atoms with Gasteiger partial charge in [0.05, 0.1) is 0 Å². The molecule has 0 rings (SSSR count). The first-order valence-corrected chi connectivity index (χ1v) is 2.02.